The third kappa shape index (κ3) is 5.95. The van der Waals surface area contributed by atoms with E-state index in [0.29, 0.717) is 31.4 Å². The molecule has 2 N–H and O–H groups in total. The molecular formula is C17H29N4O4+. The first-order chi connectivity index (χ1) is 11.4. The van der Waals surface area contributed by atoms with Crippen LogP contribution in [-0.2, 0) is 16.0 Å². The minimum absolute atomic E-state index is 0.285. The molecule has 8 nitrogen and oxygen atoms in total. The maximum absolute atomic E-state index is 11.9. The standard InChI is InChI=1S/C17H28N4O4/c1-16(2,3)24-14(22)19-13-7-8-18-21(13)11-12-9-20(10-12)15(23)25-17(4,5)6/h7-8,12H,9-11H2,1-6H3,(H,18,19,22)/p+1. The monoisotopic (exact) mass is 353 g/mol. The molecule has 0 bridgehead atoms. The number of ether oxygens (including phenoxy) is 2. The largest absolute Gasteiger partial charge is 0.505 e. The lowest BCUT2D eigenvalue weighted by molar-refractivity contribution is -0.744. The maximum atomic E-state index is 11.9. The molecule has 1 aromatic heterocycles. The molecule has 0 radical (unpaired) electrons. The molecule has 1 aliphatic rings. The Morgan fingerprint density at radius 1 is 1.20 bits per heavy atom. The third-order valence-electron chi connectivity index (χ3n) is 3.44. The van der Waals surface area contributed by atoms with Crippen molar-refractivity contribution in [2.45, 2.75) is 59.3 Å². The van der Waals surface area contributed by atoms with Gasteiger partial charge in [0.25, 0.3) is 0 Å². The number of amides is 2. The second-order valence-corrected chi connectivity index (χ2v) is 8.34. The van der Waals surface area contributed by atoms with Gasteiger partial charge in [0.1, 0.15) is 17.7 Å². The number of hydrogen-bond donors (Lipinski definition) is 2. The molecule has 8 heteroatoms. The zero-order valence-corrected chi connectivity index (χ0v) is 15.9. The van der Waals surface area contributed by atoms with Gasteiger partial charge in [0.05, 0.1) is 0 Å². The van der Waals surface area contributed by atoms with Crippen LogP contribution in [0.5, 0.6) is 0 Å². The number of carbonyl (C=O) groups excluding carboxylic acids is 2. The number of H-pyrrole nitrogens is 1. The summed E-state index contributed by atoms with van der Waals surface area (Å²) in [7, 11) is 0. The smallest absolute Gasteiger partial charge is 0.444 e. The summed E-state index contributed by atoms with van der Waals surface area (Å²) in [6.07, 6.45) is 0.967. The summed E-state index contributed by atoms with van der Waals surface area (Å²) in [5, 5.41) is 5.80. The maximum Gasteiger partial charge on any atom is 0.505 e. The van der Waals surface area contributed by atoms with E-state index in [1.54, 1.807) is 17.2 Å². The highest BCUT2D eigenvalue weighted by molar-refractivity contribution is 5.82. The topological polar surface area (TPSA) is 87.5 Å². The SMILES string of the molecule is CC(C)(C)OC(=O)Nc1cc[nH][n+]1CC1CN(C(=O)OC(C)(C)C)C1. The van der Waals surface area contributed by atoms with Crippen molar-refractivity contribution in [3.8, 4) is 0 Å². The van der Waals surface area contributed by atoms with Crippen LogP contribution in [-0.4, -0.2) is 46.5 Å². The first-order valence-electron chi connectivity index (χ1n) is 8.48. The van der Waals surface area contributed by atoms with Crippen LogP contribution in [0.3, 0.4) is 0 Å². The molecule has 25 heavy (non-hydrogen) atoms. The van der Waals surface area contributed by atoms with Crippen LogP contribution in [0.1, 0.15) is 41.5 Å². The van der Waals surface area contributed by atoms with Gasteiger partial charge in [-0.1, -0.05) is 0 Å². The molecule has 0 saturated carbocycles. The molecule has 2 rings (SSSR count). The molecule has 2 amide bonds. The van der Waals surface area contributed by atoms with Crippen molar-refractivity contribution >= 4 is 18.0 Å². The van der Waals surface area contributed by atoms with Gasteiger partial charge in [-0.3, -0.25) is 0 Å². The van der Waals surface area contributed by atoms with Gasteiger partial charge in [-0.2, -0.15) is 14.8 Å². The molecule has 0 spiro atoms. The highest BCUT2D eigenvalue weighted by Gasteiger charge is 2.36. The van der Waals surface area contributed by atoms with E-state index in [1.807, 2.05) is 46.2 Å². The Bertz CT molecular complexity index is 621. The Kier molecular flexibility index (Phi) is 5.29. The fourth-order valence-corrected chi connectivity index (χ4v) is 2.45. The molecule has 1 fully saturated rings. The lowest BCUT2D eigenvalue weighted by Gasteiger charge is -2.38. The van der Waals surface area contributed by atoms with Crippen molar-refractivity contribution in [2.24, 2.45) is 5.92 Å². The molecule has 0 unspecified atom stereocenters. The minimum atomic E-state index is -0.549. The molecule has 0 aliphatic carbocycles. The number of carbonyl (C=O) groups is 2. The van der Waals surface area contributed by atoms with Crippen LogP contribution in [0.15, 0.2) is 12.3 Å². The quantitative estimate of drug-likeness (QED) is 0.818. The van der Waals surface area contributed by atoms with Gasteiger partial charge < -0.3 is 14.4 Å². The third-order valence-corrected chi connectivity index (χ3v) is 3.44. The summed E-state index contributed by atoms with van der Waals surface area (Å²) in [5.74, 6) is 0.931. The summed E-state index contributed by atoms with van der Waals surface area (Å²) in [5.41, 5.74) is -1.03. The predicted molar refractivity (Wildman–Crippen MR) is 92.1 cm³/mol. The van der Waals surface area contributed by atoms with E-state index in [0.717, 1.165) is 0 Å². The van der Waals surface area contributed by atoms with Crippen LogP contribution in [0, 0.1) is 5.92 Å². The molecule has 1 saturated heterocycles. The van der Waals surface area contributed by atoms with Crippen molar-refractivity contribution in [1.29, 1.82) is 0 Å². The second-order valence-electron chi connectivity index (χ2n) is 8.34. The van der Waals surface area contributed by atoms with Crippen LogP contribution in [0.25, 0.3) is 0 Å². The minimum Gasteiger partial charge on any atom is -0.444 e. The van der Waals surface area contributed by atoms with E-state index in [1.165, 1.54) is 0 Å². The number of anilines is 1. The molecular weight excluding hydrogens is 324 g/mol. The lowest BCUT2D eigenvalue weighted by Crippen LogP contribution is -2.57. The first-order valence-corrected chi connectivity index (χ1v) is 8.48. The van der Waals surface area contributed by atoms with E-state index in [2.05, 4.69) is 10.4 Å². The van der Waals surface area contributed by atoms with Gasteiger partial charge in [-0.05, 0) is 41.5 Å². The van der Waals surface area contributed by atoms with E-state index < -0.39 is 17.3 Å². The highest BCUT2D eigenvalue weighted by Crippen LogP contribution is 2.20. The van der Waals surface area contributed by atoms with E-state index in [9.17, 15) is 9.59 Å². The van der Waals surface area contributed by atoms with Crippen LogP contribution in [0.4, 0.5) is 15.4 Å². The Morgan fingerprint density at radius 3 is 2.36 bits per heavy atom. The van der Waals surface area contributed by atoms with Crippen LogP contribution in [0.2, 0.25) is 0 Å². The number of nitrogens with one attached hydrogen (secondary N) is 2. The molecule has 0 atom stereocenters. The van der Waals surface area contributed by atoms with Gasteiger partial charge in [-0.25, -0.2) is 9.89 Å². The molecule has 1 aliphatic heterocycles. The van der Waals surface area contributed by atoms with Gasteiger partial charge in [0.2, 0.25) is 0 Å². The number of hydrogen-bond acceptors (Lipinski definition) is 4. The lowest BCUT2D eigenvalue weighted by atomic mass is 10.0. The molecule has 2 heterocycles. The first kappa shape index (κ1) is 19.1. The van der Waals surface area contributed by atoms with Crippen molar-refractivity contribution < 1.29 is 23.7 Å². The summed E-state index contributed by atoms with van der Waals surface area (Å²) in [6, 6.07) is 1.77. The van der Waals surface area contributed by atoms with Gasteiger partial charge >= 0.3 is 18.0 Å². The van der Waals surface area contributed by atoms with E-state index >= 15 is 0 Å². The van der Waals surface area contributed by atoms with Crippen molar-refractivity contribution in [1.82, 2.24) is 10.00 Å². The van der Waals surface area contributed by atoms with Crippen LogP contribution >= 0.6 is 0 Å². The fraction of sp³-hybridized carbons (Fsp3) is 0.706. The fourth-order valence-electron chi connectivity index (χ4n) is 2.45. The van der Waals surface area contributed by atoms with Gasteiger partial charge in [-0.15, -0.1) is 0 Å². The Labute approximate surface area is 148 Å². The predicted octanol–water partition coefficient (Wildman–Crippen LogP) is 2.52. The number of aromatic amines is 1. The van der Waals surface area contributed by atoms with Gasteiger partial charge in [0.15, 0.2) is 0 Å². The van der Waals surface area contributed by atoms with Crippen LogP contribution < -0.4 is 10.00 Å². The summed E-state index contributed by atoms with van der Waals surface area (Å²) >= 11 is 0. The van der Waals surface area contributed by atoms with E-state index in [4.69, 9.17) is 9.47 Å². The average molecular weight is 353 g/mol. The van der Waals surface area contributed by atoms with E-state index in [-0.39, 0.29) is 6.09 Å². The summed E-state index contributed by atoms with van der Waals surface area (Å²) < 4.78 is 12.4. The second kappa shape index (κ2) is 6.93. The Morgan fingerprint density at radius 2 is 1.80 bits per heavy atom. The van der Waals surface area contributed by atoms with Crippen molar-refractivity contribution in [3.05, 3.63) is 12.3 Å². The van der Waals surface area contributed by atoms with Gasteiger partial charge in [0, 0.05) is 31.3 Å². The molecule has 0 aromatic carbocycles. The highest BCUT2D eigenvalue weighted by atomic mass is 16.6. The average Bonchev–Trinajstić information content (AvgIpc) is 2.75. The summed E-state index contributed by atoms with van der Waals surface area (Å²) in [6.45, 7) is 12.9. The number of aromatic nitrogens is 2. The Hall–Kier alpha value is -2.25. The molecule has 1 aromatic rings. The zero-order chi connectivity index (χ0) is 18.8. The normalized spacial score (nSPS) is 15.5. The molecule has 140 valence electrons. The van der Waals surface area contributed by atoms with Crippen molar-refractivity contribution in [2.75, 3.05) is 18.4 Å². The van der Waals surface area contributed by atoms with Crippen molar-refractivity contribution in [3.63, 3.8) is 0 Å². The number of rotatable bonds is 3. The zero-order valence-electron chi connectivity index (χ0n) is 15.9. The summed E-state index contributed by atoms with van der Waals surface area (Å²) in [4.78, 5) is 25.5. The number of likely N-dealkylation sites (tertiary alicyclic amines) is 1. The number of nitrogens with zero attached hydrogens (tertiary/aromatic N) is 2. The Balaban J connectivity index is 1.83.